The van der Waals surface area contributed by atoms with Crippen LogP contribution in [0.1, 0.15) is 14.4 Å². The summed E-state index contributed by atoms with van der Waals surface area (Å²) in [6, 6.07) is 0. The van der Waals surface area contributed by atoms with Crippen molar-refractivity contribution in [3.8, 4) is 0 Å². The molecule has 0 saturated carbocycles. The number of hydrogen-bond acceptors (Lipinski definition) is 2. The van der Waals surface area contributed by atoms with Crippen LogP contribution in [0.5, 0.6) is 0 Å². The first-order chi connectivity index (χ1) is 2.81. The molecular weight excluding hydrogens is 106 g/mol. The normalized spacial score (nSPS) is 10.4. The van der Waals surface area contributed by atoms with Crippen LogP contribution in [-0.2, 0) is 0 Å². The Labute approximate surface area is 50.2 Å². The third-order valence-electron chi connectivity index (χ3n) is 0.610. The summed E-state index contributed by atoms with van der Waals surface area (Å²) >= 11 is 1.67. The van der Waals surface area contributed by atoms with Crippen LogP contribution in [0.2, 0.25) is 0 Å². The lowest BCUT2D eigenvalue weighted by Crippen LogP contribution is -1.76. The van der Waals surface area contributed by atoms with E-state index in [1.807, 2.05) is 13.2 Å². The zero-order valence-electron chi connectivity index (χ0n) is 4.36. The van der Waals surface area contributed by atoms with Gasteiger partial charge >= 0.3 is 0 Å². The summed E-state index contributed by atoms with van der Waals surface area (Å²) in [6.07, 6.45) is 2.02. The summed E-state index contributed by atoms with van der Waals surface area (Å²) in [5.74, 6) is 0. The highest BCUT2D eigenvalue weighted by atomic mass is 32.2. The largest absolute Gasteiger partial charge is 0.287 e. The Hall–Kier alpha value is 0.0200. The SMILES string of the molecule is C.CN=C(C)SC. The molecule has 0 spiro atoms. The van der Waals surface area contributed by atoms with Gasteiger partial charge in [0, 0.05) is 7.05 Å². The molecule has 0 saturated heterocycles. The molecule has 0 aliphatic rings. The van der Waals surface area contributed by atoms with Gasteiger partial charge in [0.15, 0.2) is 0 Å². The molecule has 0 N–H and O–H groups in total. The summed E-state index contributed by atoms with van der Waals surface area (Å²) in [5, 5.41) is 1.13. The van der Waals surface area contributed by atoms with Gasteiger partial charge in [-0.3, -0.25) is 4.99 Å². The predicted octanol–water partition coefficient (Wildman–Crippen LogP) is 2.03. The Morgan fingerprint density at radius 3 is 2.00 bits per heavy atom. The average molecular weight is 119 g/mol. The van der Waals surface area contributed by atoms with E-state index >= 15 is 0 Å². The second-order valence-electron chi connectivity index (χ2n) is 0.947. The number of rotatable bonds is 0. The van der Waals surface area contributed by atoms with Gasteiger partial charge in [0.25, 0.3) is 0 Å². The van der Waals surface area contributed by atoms with Crippen LogP contribution in [-0.4, -0.2) is 18.3 Å². The first-order valence-corrected chi connectivity index (χ1v) is 3.01. The van der Waals surface area contributed by atoms with E-state index in [9.17, 15) is 0 Å². The molecule has 0 aliphatic heterocycles. The van der Waals surface area contributed by atoms with E-state index in [1.54, 1.807) is 18.8 Å². The quantitative estimate of drug-likeness (QED) is 0.351. The number of nitrogens with zero attached hydrogens (tertiary/aromatic N) is 1. The molecule has 0 heterocycles. The maximum Gasteiger partial charge on any atom is 0.0638 e. The Balaban J connectivity index is 0. The second kappa shape index (κ2) is 6.02. The van der Waals surface area contributed by atoms with Crippen molar-refractivity contribution in [3.63, 3.8) is 0 Å². The highest BCUT2D eigenvalue weighted by Crippen LogP contribution is 1.92. The lowest BCUT2D eigenvalue weighted by molar-refractivity contribution is 1.45. The molecule has 0 aromatic heterocycles. The van der Waals surface area contributed by atoms with Crippen molar-refractivity contribution in [3.05, 3.63) is 0 Å². The van der Waals surface area contributed by atoms with E-state index in [0.29, 0.717) is 0 Å². The third-order valence-corrected chi connectivity index (χ3v) is 1.38. The van der Waals surface area contributed by atoms with Crippen LogP contribution in [0, 0.1) is 0 Å². The summed E-state index contributed by atoms with van der Waals surface area (Å²) in [6.45, 7) is 1.99. The van der Waals surface area contributed by atoms with Crippen molar-refractivity contribution in [1.29, 1.82) is 0 Å². The van der Waals surface area contributed by atoms with Crippen LogP contribution in [0.15, 0.2) is 4.99 Å². The van der Waals surface area contributed by atoms with Crippen LogP contribution in [0.25, 0.3) is 0 Å². The molecule has 1 nitrogen and oxygen atoms in total. The van der Waals surface area contributed by atoms with Crippen molar-refractivity contribution >= 4 is 16.8 Å². The van der Waals surface area contributed by atoms with E-state index in [4.69, 9.17) is 0 Å². The molecule has 0 radical (unpaired) electrons. The van der Waals surface area contributed by atoms with E-state index in [0.717, 1.165) is 5.04 Å². The molecule has 0 fully saturated rings. The molecule has 2 heteroatoms. The van der Waals surface area contributed by atoms with Crippen LogP contribution < -0.4 is 0 Å². The Morgan fingerprint density at radius 1 is 1.57 bits per heavy atom. The van der Waals surface area contributed by atoms with Gasteiger partial charge in [-0.15, -0.1) is 11.8 Å². The fourth-order valence-electron chi connectivity index (χ4n) is 0.0913. The maximum atomic E-state index is 3.89. The maximum absolute atomic E-state index is 3.89. The first kappa shape index (κ1) is 10.1. The zero-order chi connectivity index (χ0) is 4.99. The second-order valence-corrected chi connectivity index (χ2v) is 1.95. The van der Waals surface area contributed by atoms with Gasteiger partial charge in [-0.1, -0.05) is 7.43 Å². The average Bonchev–Trinajstić information content (AvgIpc) is 1.65. The molecule has 7 heavy (non-hydrogen) atoms. The Kier molecular flexibility index (Phi) is 8.68. The summed E-state index contributed by atoms with van der Waals surface area (Å²) in [4.78, 5) is 3.89. The van der Waals surface area contributed by atoms with E-state index in [2.05, 4.69) is 4.99 Å². The number of thioether (sulfide) groups is 1. The van der Waals surface area contributed by atoms with E-state index in [-0.39, 0.29) is 7.43 Å². The first-order valence-electron chi connectivity index (χ1n) is 1.78. The van der Waals surface area contributed by atoms with Crippen molar-refractivity contribution in [2.75, 3.05) is 13.3 Å². The molecule has 0 unspecified atom stereocenters. The number of hydrogen-bond donors (Lipinski definition) is 0. The minimum absolute atomic E-state index is 0. The van der Waals surface area contributed by atoms with Gasteiger partial charge < -0.3 is 0 Å². The third kappa shape index (κ3) is 6.02. The molecular formula is C5H13NS. The molecule has 0 aromatic rings. The minimum Gasteiger partial charge on any atom is -0.287 e. The van der Waals surface area contributed by atoms with E-state index < -0.39 is 0 Å². The predicted molar refractivity (Wildman–Crippen MR) is 39.3 cm³/mol. The molecule has 0 rings (SSSR count). The van der Waals surface area contributed by atoms with Gasteiger partial charge in [-0.2, -0.15) is 0 Å². The van der Waals surface area contributed by atoms with Gasteiger partial charge in [0.05, 0.1) is 5.04 Å². The Morgan fingerprint density at radius 2 is 2.00 bits per heavy atom. The summed E-state index contributed by atoms with van der Waals surface area (Å²) in [5.41, 5.74) is 0. The lowest BCUT2D eigenvalue weighted by Gasteiger charge is -1.83. The summed E-state index contributed by atoms with van der Waals surface area (Å²) in [7, 11) is 1.80. The Bertz CT molecular complexity index is 59.1. The molecule has 44 valence electrons. The molecule has 0 bridgehead atoms. The van der Waals surface area contributed by atoms with Gasteiger partial charge in [-0.05, 0) is 13.2 Å². The van der Waals surface area contributed by atoms with Gasteiger partial charge in [0.1, 0.15) is 0 Å². The fourth-order valence-corrected chi connectivity index (χ4v) is 0.274. The lowest BCUT2D eigenvalue weighted by atomic mass is 10.9. The van der Waals surface area contributed by atoms with Crippen LogP contribution >= 0.6 is 11.8 Å². The molecule has 0 aromatic carbocycles. The van der Waals surface area contributed by atoms with Crippen molar-refractivity contribution in [2.24, 2.45) is 4.99 Å². The topological polar surface area (TPSA) is 12.4 Å². The standard InChI is InChI=1S/C4H9NS.CH4/c1-4(5-2)6-3;/h1-3H3;1H4. The number of aliphatic imine (C=N–C) groups is 1. The summed E-state index contributed by atoms with van der Waals surface area (Å²) < 4.78 is 0. The van der Waals surface area contributed by atoms with E-state index in [1.165, 1.54) is 0 Å². The monoisotopic (exact) mass is 119 g/mol. The van der Waals surface area contributed by atoms with Crippen molar-refractivity contribution in [1.82, 2.24) is 0 Å². The molecule has 0 amide bonds. The highest BCUT2D eigenvalue weighted by molar-refractivity contribution is 8.13. The van der Waals surface area contributed by atoms with Crippen LogP contribution in [0.3, 0.4) is 0 Å². The molecule has 0 aliphatic carbocycles. The zero-order valence-corrected chi connectivity index (χ0v) is 5.17. The van der Waals surface area contributed by atoms with Gasteiger partial charge in [-0.25, -0.2) is 0 Å². The van der Waals surface area contributed by atoms with Crippen molar-refractivity contribution < 1.29 is 0 Å². The van der Waals surface area contributed by atoms with Crippen molar-refractivity contribution in [2.45, 2.75) is 14.4 Å². The minimum atomic E-state index is 0. The highest BCUT2D eigenvalue weighted by Gasteiger charge is 1.75. The van der Waals surface area contributed by atoms with Crippen LogP contribution in [0.4, 0.5) is 0 Å². The smallest absolute Gasteiger partial charge is 0.0638 e. The molecule has 0 atom stereocenters. The fraction of sp³-hybridized carbons (Fsp3) is 0.800. The van der Waals surface area contributed by atoms with Gasteiger partial charge in [0.2, 0.25) is 0 Å².